The largest absolute Gasteiger partial charge is 0.497 e. The van der Waals surface area contributed by atoms with Gasteiger partial charge in [-0.3, -0.25) is 4.79 Å². The van der Waals surface area contributed by atoms with E-state index in [0.29, 0.717) is 30.9 Å². The van der Waals surface area contributed by atoms with E-state index >= 15 is 0 Å². The minimum absolute atomic E-state index is 0.0633. The Kier molecular flexibility index (Phi) is 8.55. The molecule has 3 aromatic carbocycles. The summed E-state index contributed by atoms with van der Waals surface area (Å²) in [6.45, 7) is 10.9. The van der Waals surface area contributed by atoms with Crippen molar-refractivity contribution in [3.8, 4) is 22.6 Å². The standard InChI is InChI=1S/C30H35FO4/c1-7-34-29(32)16-20(2)22-9-11-23(12-10-22)35-19-21-8-14-27(30(3,4)5)25(17-21)26-18-24(33-6)13-15-28(26)31/h8-15,17-18,20H,7,16,19H2,1-6H3/t20-/m0/s1. The Hall–Kier alpha value is -3.34. The lowest BCUT2D eigenvalue weighted by Gasteiger charge is -2.24. The third-order valence-electron chi connectivity index (χ3n) is 5.99. The first-order chi connectivity index (χ1) is 16.6. The number of ether oxygens (including phenoxy) is 3. The van der Waals surface area contributed by atoms with Crippen molar-refractivity contribution in [3.05, 3.63) is 83.2 Å². The average molecular weight is 479 g/mol. The highest BCUT2D eigenvalue weighted by Crippen LogP contribution is 2.37. The molecule has 0 aliphatic rings. The van der Waals surface area contributed by atoms with Gasteiger partial charge in [0.25, 0.3) is 0 Å². The number of hydrogen-bond acceptors (Lipinski definition) is 4. The van der Waals surface area contributed by atoms with E-state index in [2.05, 4.69) is 20.8 Å². The summed E-state index contributed by atoms with van der Waals surface area (Å²) in [4.78, 5) is 11.7. The van der Waals surface area contributed by atoms with E-state index in [0.717, 1.165) is 28.0 Å². The van der Waals surface area contributed by atoms with Gasteiger partial charge in [-0.2, -0.15) is 0 Å². The van der Waals surface area contributed by atoms with Gasteiger partial charge in [-0.05, 0) is 76.9 Å². The molecule has 0 N–H and O–H groups in total. The minimum atomic E-state index is -0.290. The number of carbonyl (C=O) groups is 1. The zero-order chi connectivity index (χ0) is 25.6. The fourth-order valence-electron chi connectivity index (χ4n) is 4.04. The van der Waals surface area contributed by atoms with Crippen molar-refractivity contribution in [1.82, 2.24) is 0 Å². The molecule has 0 fully saturated rings. The molecule has 0 saturated carbocycles. The summed E-state index contributed by atoms with van der Waals surface area (Å²) in [6.07, 6.45) is 0.345. The van der Waals surface area contributed by atoms with Crippen molar-refractivity contribution in [2.24, 2.45) is 0 Å². The van der Waals surface area contributed by atoms with Crippen LogP contribution in [0.5, 0.6) is 11.5 Å². The molecule has 0 unspecified atom stereocenters. The van der Waals surface area contributed by atoms with Crippen molar-refractivity contribution < 1.29 is 23.4 Å². The minimum Gasteiger partial charge on any atom is -0.497 e. The molecule has 3 aromatic rings. The SMILES string of the molecule is CCOC(=O)C[C@H](C)c1ccc(OCc2ccc(C(C)(C)C)c(-c3cc(OC)ccc3F)c2)cc1. The molecular weight excluding hydrogens is 443 g/mol. The van der Waals surface area contributed by atoms with E-state index < -0.39 is 0 Å². The van der Waals surface area contributed by atoms with Crippen LogP contribution in [0.25, 0.3) is 11.1 Å². The first-order valence-corrected chi connectivity index (χ1v) is 12.0. The number of carbonyl (C=O) groups excluding carboxylic acids is 1. The summed E-state index contributed by atoms with van der Waals surface area (Å²) in [5, 5.41) is 0. The molecule has 0 aliphatic carbocycles. The zero-order valence-corrected chi connectivity index (χ0v) is 21.5. The van der Waals surface area contributed by atoms with Gasteiger partial charge < -0.3 is 14.2 Å². The highest BCUT2D eigenvalue weighted by Gasteiger charge is 2.21. The zero-order valence-electron chi connectivity index (χ0n) is 21.5. The van der Waals surface area contributed by atoms with Crippen molar-refractivity contribution in [3.63, 3.8) is 0 Å². The second-order valence-corrected chi connectivity index (χ2v) is 9.74. The van der Waals surface area contributed by atoms with E-state index in [1.165, 1.54) is 6.07 Å². The maximum atomic E-state index is 14.9. The predicted octanol–water partition coefficient (Wildman–Crippen LogP) is 7.43. The molecular formula is C30H35FO4. The molecule has 0 bridgehead atoms. The maximum absolute atomic E-state index is 14.9. The third-order valence-corrected chi connectivity index (χ3v) is 5.99. The Morgan fingerprint density at radius 3 is 2.26 bits per heavy atom. The fourth-order valence-corrected chi connectivity index (χ4v) is 4.04. The highest BCUT2D eigenvalue weighted by molar-refractivity contribution is 5.72. The Labute approximate surface area is 208 Å². The fraction of sp³-hybridized carbons (Fsp3) is 0.367. The van der Waals surface area contributed by atoms with Gasteiger partial charge in [0, 0.05) is 5.56 Å². The van der Waals surface area contributed by atoms with Crippen LogP contribution in [0.3, 0.4) is 0 Å². The summed E-state index contributed by atoms with van der Waals surface area (Å²) in [5.41, 5.74) is 4.22. The van der Waals surface area contributed by atoms with E-state index in [1.807, 2.05) is 56.3 Å². The third kappa shape index (κ3) is 6.84. The van der Waals surface area contributed by atoms with Crippen LogP contribution in [-0.4, -0.2) is 19.7 Å². The van der Waals surface area contributed by atoms with Gasteiger partial charge >= 0.3 is 5.97 Å². The molecule has 0 heterocycles. The lowest BCUT2D eigenvalue weighted by molar-refractivity contribution is -0.143. The van der Waals surface area contributed by atoms with Gasteiger partial charge in [-0.1, -0.05) is 52.0 Å². The molecule has 1 atom stereocenters. The van der Waals surface area contributed by atoms with Crippen LogP contribution in [0.15, 0.2) is 60.7 Å². The summed E-state index contributed by atoms with van der Waals surface area (Å²) >= 11 is 0. The molecule has 0 aliphatic heterocycles. The number of benzene rings is 3. The van der Waals surface area contributed by atoms with E-state index in [9.17, 15) is 9.18 Å². The van der Waals surface area contributed by atoms with Gasteiger partial charge in [0.1, 0.15) is 23.9 Å². The second kappa shape index (κ2) is 11.4. The molecule has 5 heteroatoms. The molecule has 3 rings (SSSR count). The van der Waals surface area contributed by atoms with Crippen molar-refractivity contribution in [2.45, 2.75) is 59.0 Å². The van der Waals surface area contributed by atoms with Crippen LogP contribution in [0.1, 0.15) is 63.6 Å². The number of halogens is 1. The lowest BCUT2D eigenvalue weighted by Crippen LogP contribution is -2.13. The molecule has 0 amide bonds. The highest BCUT2D eigenvalue weighted by atomic mass is 19.1. The van der Waals surface area contributed by atoms with Crippen molar-refractivity contribution >= 4 is 5.97 Å². The summed E-state index contributed by atoms with van der Waals surface area (Å²) in [7, 11) is 1.58. The van der Waals surface area contributed by atoms with E-state index in [1.54, 1.807) is 19.2 Å². The van der Waals surface area contributed by atoms with Gasteiger partial charge in [0.15, 0.2) is 0 Å². The molecule has 186 valence electrons. The van der Waals surface area contributed by atoms with Crippen LogP contribution < -0.4 is 9.47 Å². The normalized spacial score (nSPS) is 12.2. The van der Waals surface area contributed by atoms with Gasteiger partial charge in [0.2, 0.25) is 0 Å². The van der Waals surface area contributed by atoms with Gasteiger partial charge in [-0.15, -0.1) is 0 Å². The van der Waals surface area contributed by atoms with Crippen LogP contribution >= 0.6 is 0 Å². The van der Waals surface area contributed by atoms with Crippen LogP contribution in [-0.2, 0) is 21.6 Å². The molecule has 0 spiro atoms. The Balaban J connectivity index is 1.79. The molecule has 35 heavy (non-hydrogen) atoms. The first-order valence-electron chi connectivity index (χ1n) is 12.0. The van der Waals surface area contributed by atoms with E-state index in [-0.39, 0.29) is 23.1 Å². The summed E-state index contributed by atoms with van der Waals surface area (Å²) < 4.78 is 31.3. The smallest absolute Gasteiger partial charge is 0.306 e. The van der Waals surface area contributed by atoms with Crippen molar-refractivity contribution in [2.75, 3.05) is 13.7 Å². The Morgan fingerprint density at radius 1 is 0.943 bits per heavy atom. The quantitative estimate of drug-likeness (QED) is 0.300. The first kappa shape index (κ1) is 26.3. The summed E-state index contributed by atoms with van der Waals surface area (Å²) in [6, 6.07) is 18.6. The number of rotatable bonds is 9. The van der Waals surface area contributed by atoms with Gasteiger partial charge in [0.05, 0.1) is 20.1 Å². The molecule has 0 saturated heterocycles. The van der Waals surface area contributed by atoms with E-state index in [4.69, 9.17) is 14.2 Å². The Bertz CT molecular complexity index is 1150. The summed E-state index contributed by atoms with van der Waals surface area (Å²) in [5.74, 6) is 0.920. The Morgan fingerprint density at radius 2 is 1.63 bits per heavy atom. The van der Waals surface area contributed by atoms with Gasteiger partial charge in [-0.25, -0.2) is 4.39 Å². The predicted molar refractivity (Wildman–Crippen MR) is 138 cm³/mol. The van der Waals surface area contributed by atoms with Crippen molar-refractivity contribution in [1.29, 1.82) is 0 Å². The number of hydrogen-bond donors (Lipinski definition) is 0. The second-order valence-electron chi connectivity index (χ2n) is 9.74. The molecule has 4 nitrogen and oxygen atoms in total. The number of esters is 1. The molecule has 0 radical (unpaired) electrons. The topological polar surface area (TPSA) is 44.8 Å². The average Bonchev–Trinajstić information content (AvgIpc) is 2.82. The van der Waals surface area contributed by atoms with Crippen LogP contribution in [0.4, 0.5) is 4.39 Å². The monoisotopic (exact) mass is 478 g/mol. The number of methoxy groups -OCH3 is 1. The van der Waals surface area contributed by atoms with Crippen LogP contribution in [0.2, 0.25) is 0 Å². The lowest BCUT2D eigenvalue weighted by atomic mass is 9.81. The maximum Gasteiger partial charge on any atom is 0.306 e. The van der Waals surface area contributed by atoms with Crippen LogP contribution in [0, 0.1) is 5.82 Å². The molecule has 0 aromatic heterocycles.